The maximum Gasteiger partial charge on any atom is 0.265 e. The van der Waals surface area contributed by atoms with Crippen LogP contribution in [0.4, 0.5) is 10.1 Å². The van der Waals surface area contributed by atoms with Crippen LogP contribution in [0.3, 0.4) is 0 Å². The van der Waals surface area contributed by atoms with Crippen LogP contribution in [-0.4, -0.2) is 72.7 Å². The topological polar surface area (TPSA) is 124 Å². The molecule has 0 bridgehead atoms. The predicted molar refractivity (Wildman–Crippen MR) is 188 cm³/mol. The second-order valence-corrected chi connectivity index (χ2v) is 13.1. The molecule has 0 fully saturated rings. The van der Waals surface area contributed by atoms with Gasteiger partial charge in [-0.3, -0.25) is 13.9 Å². The molecule has 0 aliphatic heterocycles. The number of amides is 2. The number of hydrogen-bond donors (Lipinski definition) is 1. The first-order valence-electron chi connectivity index (χ1n) is 15.9. The molecule has 1 atom stereocenters. The highest BCUT2D eigenvalue weighted by atomic mass is 32.2. The van der Waals surface area contributed by atoms with Crippen LogP contribution in [0.1, 0.15) is 24.5 Å². The third-order valence-electron chi connectivity index (χ3n) is 7.96. The second-order valence-electron chi connectivity index (χ2n) is 11.2. The van der Waals surface area contributed by atoms with Crippen molar-refractivity contribution in [3.8, 4) is 23.0 Å². The fourth-order valence-electron chi connectivity index (χ4n) is 5.32. The van der Waals surface area contributed by atoms with Crippen molar-refractivity contribution in [3.63, 3.8) is 0 Å². The summed E-state index contributed by atoms with van der Waals surface area (Å²) in [5, 5.41) is 2.89. The Bertz CT molecular complexity index is 1860. The normalized spacial score (nSPS) is 11.6. The van der Waals surface area contributed by atoms with Gasteiger partial charge in [0.2, 0.25) is 11.8 Å². The zero-order valence-corrected chi connectivity index (χ0v) is 29.5. The van der Waals surface area contributed by atoms with Crippen molar-refractivity contribution in [2.75, 3.05) is 45.8 Å². The quantitative estimate of drug-likeness (QED) is 0.159. The van der Waals surface area contributed by atoms with Crippen LogP contribution in [0.15, 0.2) is 95.9 Å². The molecule has 0 aliphatic carbocycles. The minimum absolute atomic E-state index is 0.0201. The predicted octanol–water partition coefficient (Wildman–Crippen LogP) is 5.22. The molecule has 0 spiro atoms. The van der Waals surface area contributed by atoms with E-state index < -0.39 is 40.2 Å². The lowest BCUT2D eigenvalue weighted by Gasteiger charge is -2.34. The summed E-state index contributed by atoms with van der Waals surface area (Å²) in [6.07, 6.45) is 0.789. The second kappa shape index (κ2) is 17.4. The number of carbonyl (C=O) groups excluding carboxylic acids is 2. The Labute approximate surface area is 292 Å². The molecule has 266 valence electrons. The molecule has 4 aromatic carbocycles. The lowest BCUT2D eigenvalue weighted by atomic mass is 10.0. The van der Waals surface area contributed by atoms with E-state index in [1.807, 2.05) is 37.3 Å². The average molecular weight is 708 g/mol. The third-order valence-corrected chi connectivity index (χ3v) is 9.72. The molecule has 1 N–H and O–H groups in total. The molecule has 11 nitrogen and oxygen atoms in total. The number of methoxy groups -OCH3 is 4. The van der Waals surface area contributed by atoms with Crippen LogP contribution in [-0.2, 0) is 32.6 Å². The van der Waals surface area contributed by atoms with E-state index in [-0.39, 0.29) is 35.0 Å². The Balaban J connectivity index is 1.89. The molecule has 0 saturated carbocycles. The highest BCUT2D eigenvalue weighted by molar-refractivity contribution is 7.92. The van der Waals surface area contributed by atoms with Crippen molar-refractivity contribution in [1.82, 2.24) is 10.2 Å². The molecule has 0 aliphatic rings. The van der Waals surface area contributed by atoms with Crippen LogP contribution in [0.25, 0.3) is 0 Å². The van der Waals surface area contributed by atoms with Gasteiger partial charge in [0, 0.05) is 31.6 Å². The first-order valence-corrected chi connectivity index (χ1v) is 17.3. The summed E-state index contributed by atoms with van der Waals surface area (Å²) in [4.78, 5) is 29.7. The van der Waals surface area contributed by atoms with Gasteiger partial charge in [-0.05, 0) is 53.9 Å². The Hall–Kier alpha value is -5.30. The van der Waals surface area contributed by atoms with E-state index in [4.69, 9.17) is 18.9 Å². The van der Waals surface area contributed by atoms with Gasteiger partial charge in [0.15, 0.2) is 11.5 Å². The fraction of sp³-hybridized carbons (Fsp3) is 0.297. The number of hydrogen-bond acceptors (Lipinski definition) is 8. The molecule has 50 heavy (non-hydrogen) atoms. The van der Waals surface area contributed by atoms with Crippen LogP contribution >= 0.6 is 0 Å². The summed E-state index contributed by atoms with van der Waals surface area (Å²) < 4.78 is 65.7. The standard InChI is InChI=1S/C37H42FN3O8S/c1-6-20-39-37(43)32(21-26-10-8-7-9-11-26)40(24-27-12-14-28(38)15-13-27)36(42)25-41(31-22-29(46-2)16-18-33(31)47-3)50(44,45)30-17-19-34(48-4)35(23-30)49-5/h7-19,22-23,32H,6,20-21,24-25H2,1-5H3,(H,39,43)/t32-/m0/s1. The number of halogens is 1. The number of carbonyl (C=O) groups is 2. The summed E-state index contributed by atoms with van der Waals surface area (Å²) in [7, 11) is 1.08. The van der Waals surface area contributed by atoms with Crippen molar-refractivity contribution in [1.29, 1.82) is 0 Å². The Morgan fingerprint density at radius 3 is 2.06 bits per heavy atom. The maximum atomic E-state index is 14.7. The van der Waals surface area contributed by atoms with Crippen molar-refractivity contribution < 1.29 is 41.3 Å². The summed E-state index contributed by atoms with van der Waals surface area (Å²) in [5.74, 6) is -0.661. The maximum absolute atomic E-state index is 14.7. The van der Waals surface area contributed by atoms with E-state index in [0.29, 0.717) is 30.0 Å². The number of rotatable bonds is 17. The van der Waals surface area contributed by atoms with Crippen LogP contribution in [0.5, 0.6) is 23.0 Å². The van der Waals surface area contributed by atoms with Gasteiger partial charge < -0.3 is 29.2 Å². The smallest absolute Gasteiger partial charge is 0.265 e. The number of sulfonamides is 1. The van der Waals surface area contributed by atoms with Gasteiger partial charge in [-0.1, -0.05) is 49.4 Å². The molecular weight excluding hydrogens is 665 g/mol. The largest absolute Gasteiger partial charge is 0.497 e. The van der Waals surface area contributed by atoms with E-state index in [0.717, 1.165) is 9.87 Å². The zero-order valence-electron chi connectivity index (χ0n) is 28.7. The van der Waals surface area contributed by atoms with Crippen LogP contribution < -0.4 is 28.6 Å². The highest BCUT2D eigenvalue weighted by Gasteiger charge is 2.36. The molecule has 13 heteroatoms. The van der Waals surface area contributed by atoms with E-state index in [1.54, 1.807) is 6.07 Å². The highest BCUT2D eigenvalue weighted by Crippen LogP contribution is 2.38. The van der Waals surface area contributed by atoms with Crippen molar-refractivity contribution >= 4 is 27.5 Å². The third kappa shape index (κ3) is 9.03. The summed E-state index contributed by atoms with van der Waals surface area (Å²) in [6, 6.07) is 22.3. The minimum atomic E-state index is -4.53. The van der Waals surface area contributed by atoms with Crippen molar-refractivity contribution in [2.24, 2.45) is 0 Å². The van der Waals surface area contributed by atoms with Gasteiger partial charge in [-0.25, -0.2) is 12.8 Å². The number of nitrogens with zero attached hydrogens (tertiary/aromatic N) is 2. The van der Waals surface area contributed by atoms with Crippen molar-refractivity contribution in [3.05, 3.63) is 108 Å². The Morgan fingerprint density at radius 2 is 1.44 bits per heavy atom. The molecule has 0 heterocycles. The summed E-state index contributed by atoms with van der Waals surface area (Å²) in [5.41, 5.74) is 1.34. The summed E-state index contributed by atoms with van der Waals surface area (Å²) >= 11 is 0. The van der Waals surface area contributed by atoms with Gasteiger partial charge >= 0.3 is 0 Å². The van der Waals surface area contributed by atoms with Gasteiger partial charge in [0.05, 0.1) is 39.0 Å². The molecule has 0 saturated heterocycles. The molecule has 0 unspecified atom stereocenters. The van der Waals surface area contributed by atoms with Gasteiger partial charge in [-0.2, -0.15) is 0 Å². The van der Waals surface area contributed by atoms with Crippen LogP contribution in [0, 0.1) is 5.82 Å². The first-order chi connectivity index (χ1) is 24.1. The Kier molecular flexibility index (Phi) is 13.0. The monoisotopic (exact) mass is 707 g/mol. The van der Waals surface area contributed by atoms with Gasteiger partial charge in [0.1, 0.15) is 29.9 Å². The van der Waals surface area contributed by atoms with Gasteiger partial charge in [-0.15, -0.1) is 0 Å². The number of nitrogens with one attached hydrogen (secondary N) is 1. The molecule has 4 aromatic rings. The molecular formula is C37H42FN3O8S. The lowest BCUT2D eigenvalue weighted by Crippen LogP contribution is -2.53. The van der Waals surface area contributed by atoms with E-state index in [9.17, 15) is 22.4 Å². The van der Waals surface area contributed by atoms with Crippen LogP contribution in [0.2, 0.25) is 0 Å². The lowest BCUT2D eigenvalue weighted by molar-refractivity contribution is -0.140. The number of ether oxygens (including phenoxy) is 4. The summed E-state index contributed by atoms with van der Waals surface area (Å²) in [6.45, 7) is 1.42. The average Bonchev–Trinajstić information content (AvgIpc) is 3.14. The molecule has 2 amide bonds. The van der Waals surface area contributed by atoms with E-state index in [2.05, 4.69) is 5.32 Å². The zero-order chi connectivity index (χ0) is 36.3. The van der Waals surface area contributed by atoms with Gasteiger partial charge in [0.25, 0.3) is 10.0 Å². The van der Waals surface area contributed by atoms with E-state index in [1.165, 1.54) is 87.9 Å². The molecule has 0 radical (unpaired) electrons. The fourth-order valence-corrected chi connectivity index (χ4v) is 6.75. The number of benzene rings is 4. The minimum Gasteiger partial charge on any atom is -0.497 e. The SMILES string of the molecule is CCCNC(=O)[C@H](Cc1ccccc1)N(Cc1ccc(F)cc1)C(=O)CN(c1cc(OC)ccc1OC)S(=O)(=O)c1ccc(OC)c(OC)c1. The van der Waals surface area contributed by atoms with Crippen molar-refractivity contribution in [2.45, 2.75) is 37.2 Å². The number of anilines is 1. The Morgan fingerprint density at radius 1 is 0.780 bits per heavy atom. The molecule has 0 aromatic heterocycles. The molecule has 4 rings (SSSR count). The van der Waals surface area contributed by atoms with E-state index >= 15 is 0 Å². The first kappa shape index (κ1) is 37.5.